The average Bonchev–Trinajstić information content (AvgIpc) is 2.96. The van der Waals surface area contributed by atoms with E-state index in [9.17, 15) is 14.4 Å². The number of carbonyl (C=O) groups is 3. The van der Waals surface area contributed by atoms with Gasteiger partial charge in [0.15, 0.2) is 5.58 Å². The molecule has 4 rings (SSSR count). The maximum absolute atomic E-state index is 13.6. The zero-order valence-electron chi connectivity index (χ0n) is 22.6. The molecule has 4 aromatic rings. The second-order valence-corrected chi connectivity index (χ2v) is 8.53. The number of aryl methyl sites for hydroxylation is 1. The second kappa shape index (κ2) is 12.1. The predicted molar refractivity (Wildman–Crippen MR) is 145 cm³/mol. The third kappa shape index (κ3) is 6.09. The summed E-state index contributed by atoms with van der Waals surface area (Å²) in [5.41, 5.74) is 2.71. The summed E-state index contributed by atoms with van der Waals surface area (Å²) in [4.78, 5) is 45.8. The first-order valence-corrected chi connectivity index (χ1v) is 12.1. The van der Waals surface area contributed by atoms with Gasteiger partial charge in [-0.05, 0) is 49.4 Å². The van der Waals surface area contributed by atoms with Crippen LogP contribution >= 0.6 is 0 Å². The smallest absolute Gasteiger partial charge is 0.337 e. The molecule has 0 aliphatic heterocycles. The van der Waals surface area contributed by atoms with Gasteiger partial charge in [0.25, 0.3) is 5.91 Å². The highest BCUT2D eigenvalue weighted by atomic mass is 16.5. The summed E-state index contributed by atoms with van der Waals surface area (Å²) in [6.07, 6.45) is 1.56. The molecule has 2 heterocycles. The van der Waals surface area contributed by atoms with Crippen molar-refractivity contribution in [2.75, 3.05) is 26.6 Å². The van der Waals surface area contributed by atoms with Gasteiger partial charge in [-0.3, -0.25) is 14.6 Å². The number of anilines is 1. The van der Waals surface area contributed by atoms with Gasteiger partial charge in [-0.25, -0.2) is 9.79 Å². The number of carbonyl (C=O) groups excluding carboxylic acids is 3. The Morgan fingerprint density at radius 3 is 2.40 bits per heavy atom. The molecule has 11 heteroatoms. The van der Waals surface area contributed by atoms with Crippen molar-refractivity contribution in [2.45, 2.75) is 20.5 Å². The minimum Gasteiger partial charge on any atom is -0.497 e. The summed E-state index contributed by atoms with van der Waals surface area (Å²) < 4.78 is 26.8. The minimum atomic E-state index is -0.532. The third-order valence-corrected chi connectivity index (χ3v) is 5.90. The van der Waals surface area contributed by atoms with E-state index in [2.05, 4.69) is 15.3 Å². The monoisotopic (exact) mass is 545 g/mol. The molecular formula is C29H27N3O8. The van der Waals surface area contributed by atoms with Crippen molar-refractivity contribution in [3.8, 4) is 11.5 Å². The normalized spacial score (nSPS) is 11.2. The highest BCUT2D eigenvalue weighted by Gasteiger charge is 2.18. The maximum Gasteiger partial charge on any atom is 0.337 e. The molecule has 0 radical (unpaired) electrons. The number of hydrogen-bond donors (Lipinski definition) is 1. The van der Waals surface area contributed by atoms with Crippen molar-refractivity contribution >= 4 is 40.2 Å². The Hall–Kier alpha value is -5.19. The molecule has 0 fully saturated rings. The van der Waals surface area contributed by atoms with Gasteiger partial charge in [0, 0.05) is 35.8 Å². The fraction of sp³-hybridized carbons (Fsp3) is 0.207. The SMILES string of the molecule is COC(=O)c1ccc(NC(=O)c2cc3c(COC(C)=O)cnc(C)c3oc2=Nc2ccc(OC)cc2OC)cc1. The maximum atomic E-state index is 13.6. The molecular weight excluding hydrogens is 518 g/mol. The molecule has 206 valence electrons. The van der Waals surface area contributed by atoms with Gasteiger partial charge in [0.05, 0.1) is 32.6 Å². The van der Waals surface area contributed by atoms with E-state index in [1.54, 1.807) is 49.5 Å². The topological polar surface area (TPSA) is 139 Å². The molecule has 40 heavy (non-hydrogen) atoms. The average molecular weight is 546 g/mol. The number of aromatic nitrogens is 1. The summed E-state index contributed by atoms with van der Waals surface area (Å²) >= 11 is 0. The van der Waals surface area contributed by atoms with Crippen molar-refractivity contribution in [3.05, 3.63) is 82.7 Å². The summed E-state index contributed by atoms with van der Waals surface area (Å²) in [6.45, 7) is 2.99. The van der Waals surface area contributed by atoms with Crippen LogP contribution in [0.4, 0.5) is 11.4 Å². The molecule has 2 aromatic heterocycles. The number of pyridine rings is 1. The summed E-state index contributed by atoms with van der Waals surface area (Å²) in [5.74, 6) is -0.523. The molecule has 0 saturated carbocycles. The van der Waals surface area contributed by atoms with Crippen molar-refractivity contribution in [3.63, 3.8) is 0 Å². The summed E-state index contributed by atoms with van der Waals surface area (Å²) in [7, 11) is 4.32. The molecule has 1 N–H and O–H groups in total. The first-order valence-electron chi connectivity index (χ1n) is 12.1. The highest BCUT2D eigenvalue weighted by molar-refractivity contribution is 6.06. The lowest BCUT2D eigenvalue weighted by Crippen LogP contribution is -2.22. The van der Waals surface area contributed by atoms with Crippen LogP contribution < -0.4 is 20.3 Å². The number of hydrogen-bond acceptors (Lipinski definition) is 10. The molecule has 0 bridgehead atoms. The number of ether oxygens (including phenoxy) is 4. The van der Waals surface area contributed by atoms with Gasteiger partial charge < -0.3 is 28.7 Å². The van der Waals surface area contributed by atoms with E-state index in [0.29, 0.717) is 50.7 Å². The Labute approximate surface area is 229 Å². The number of rotatable bonds is 8. The van der Waals surface area contributed by atoms with Crippen molar-refractivity contribution < 1.29 is 37.7 Å². The molecule has 1 amide bonds. The fourth-order valence-electron chi connectivity index (χ4n) is 3.82. The number of fused-ring (bicyclic) bond motifs is 1. The van der Waals surface area contributed by atoms with Crippen LogP contribution in [0.15, 0.2) is 64.1 Å². The first-order chi connectivity index (χ1) is 19.2. The number of esters is 2. The Bertz CT molecular complexity index is 1660. The van der Waals surface area contributed by atoms with Crippen LogP contribution in [0.25, 0.3) is 11.0 Å². The van der Waals surface area contributed by atoms with E-state index < -0.39 is 17.8 Å². The number of benzene rings is 2. The Balaban J connectivity index is 1.88. The predicted octanol–water partition coefficient (Wildman–Crippen LogP) is 4.49. The highest BCUT2D eigenvalue weighted by Crippen LogP contribution is 2.31. The van der Waals surface area contributed by atoms with Gasteiger partial charge in [-0.1, -0.05) is 0 Å². The Morgan fingerprint density at radius 2 is 1.75 bits per heavy atom. The quantitative estimate of drug-likeness (QED) is 0.317. The molecule has 0 aliphatic rings. The molecule has 0 saturated heterocycles. The van der Waals surface area contributed by atoms with Crippen molar-refractivity contribution in [1.82, 2.24) is 4.98 Å². The van der Waals surface area contributed by atoms with Crippen molar-refractivity contribution in [2.24, 2.45) is 4.99 Å². The van der Waals surface area contributed by atoms with E-state index in [1.165, 1.54) is 40.4 Å². The van der Waals surface area contributed by atoms with Gasteiger partial charge in [-0.15, -0.1) is 0 Å². The molecule has 0 atom stereocenters. The lowest BCUT2D eigenvalue weighted by Gasteiger charge is -2.12. The van der Waals surface area contributed by atoms with Crippen LogP contribution in [0.5, 0.6) is 11.5 Å². The lowest BCUT2D eigenvalue weighted by atomic mass is 10.1. The second-order valence-electron chi connectivity index (χ2n) is 8.53. The largest absolute Gasteiger partial charge is 0.497 e. The van der Waals surface area contributed by atoms with E-state index in [-0.39, 0.29) is 17.7 Å². The molecule has 0 aliphatic carbocycles. The molecule has 0 unspecified atom stereocenters. The standard InChI is InChI=1S/C29H27N3O8/c1-16-26-22(19(14-30-16)15-39-17(2)33)13-23(27(34)31-20-8-6-18(7-9-20)29(35)38-5)28(40-26)32-24-11-10-21(36-3)12-25(24)37-4/h6-14H,15H2,1-5H3,(H,31,34). The number of methoxy groups -OCH3 is 3. The van der Waals surface area contributed by atoms with Crippen LogP contribution in [0.3, 0.4) is 0 Å². The zero-order valence-corrected chi connectivity index (χ0v) is 22.6. The van der Waals surface area contributed by atoms with Crippen LogP contribution in [0, 0.1) is 6.92 Å². The van der Waals surface area contributed by atoms with E-state index >= 15 is 0 Å². The van der Waals surface area contributed by atoms with Crippen LogP contribution in [-0.4, -0.2) is 44.2 Å². The van der Waals surface area contributed by atoms with Crippen LogP contribution in [-0.2, 0) is 20.9 Å². The molecule has 2 aromatic carbocycles. The van der Waals surface area contributed by atoms with Gasteiger partial charge in [0.2, 0.25) is 5.55 Å². The van der Waals surface area contributed by atoms with E-state index in [4.69, 9.17) is 23.4 Å². The molecule has 11 nitrogen and oxygen atoms in total. The van der Waals surface area contributed by atoms with Gasteiger partial charge in [-0.2, -0.15) is 0 Å². The Kier molecular flexibility index (Phi) is 8.43. The van der Waals surface area contributed by atoms with Crippen LogP contribution in [0.1, 0.15) is 38.9 Å². The third-order valence-electron chi connectivity index (χ3n) is 5.90. The lowest BCUT2D eigenvalue weighted by molar-refractivity contribution is -0.142. The van der Waals surface area contributed by atoms with E-state index in [1.807, 2.05) is 0 Å². The van der Waals surface area contributed by atoms with Gasteiger partial charge in [0.1, 0.15) is 29.4 Å². The van der Waals surface area contributed by atoms with Gasteiger partial charge >= 0.3 is 11.9 Å². The van der Waals surface area contributed by atoms with Crippen molar-refractivity contribution in [1.29, 1.82) is 0 Å². The number of nitrogens with zero attached hydrogens (tertiary/aromatic N) is 2. The van der Waals surface area contributed by atoms with E-state index in [0.717, 1.165) is 0 Å². The molecule has 0 spiro atoms. The summed E-state index contributed by atoms with van der Waals surface area (Å²) in [6, 6.07) is 12.9. The number of nitrogens with one attached hydrogen (secondary N) is 1. The fourth-order valence-corrected chi connectivity index (χ4v) is 3.82. The zero-order chi connectivity index (χ0) is 28.8. The first kappa shape index (κ1) is 27.8. The Morgan fingerprint density at radius 1 is 1.00 bits per heavy atom. The minimum absolute atomic E-state index is 0.00539. The van der Waals surface area contributed by atoms with Crippen LogP contribution in [0.2, 0.25) is 0 Å². The summed E-state index contributed by atoms with van der Waals surface area (Å²) in [5, 5.41) is 3.33. The number of amides is 1.